The normalized spacial score (nSPS) is 10.6. The van der Waals surface area contributed by atoms with Crippen LogP contribution in [0.15, 0.2) is 46.9 Å². The van der Waals surface area contributed by atoms with E-state index in [1.165, 1.54) is 6.07 Å². The lowest BCUT2D eigenvalue weighted by molar-refractivity contribution is 0.102. The van der Waals surface area contributed by atoms with Crippen LogP contribution in [0.25, 0.3) is 0 Å². The summed E-state index contributed by atoms with van der Waals surface area (Å²) in [6, 6.07) is 11.4. The second-order valence-electron chi connectivity index (χ2n) is 5.24. The first-order chi connectivity index (χ1) is 11.5. The minimum Gasteiger partial charge on any atom is -0.407 e. The van der Waals surface area contributed by atoms with Crippen molar-refractivity contribution in [3.63, 3.8) is 0 Å². The number of aryl methyl sites for hydroxylation is 1. The Balaban J connectivity index is 1.69. The minimum atomic E-state index is -0.550. The number of carbonyl (C=O) groups is 1. The molecule has 0 atom stereocenters. The third kappa shape index (κ3) is 3.78. The van der Waals surface area contributed by atoms with E-state index < -0.39 is 11.7 Å². The van der Waals surface area contributed by atoms with Gasteiger partial charge in [0.25, 0.3) is 5.91 Å². The quantitative estimate of drug-likeness (QED) is 0.775. The third-order valence-electron chi connectivity index (χ3n) is 3.34. The molecular weight excluding hydrogens is 333 g/mol. The van der Waals surface area contributed by atoms with Crippen molar-refractivity contribution >= 4 is 23.5 Å². The SMILES string of the molecule is Cc1ccc(Cc2nnc(NC(=O)c3ccc(F)cc3Cl)o2)cc1. The van der Waals surface area contributed by atoms with Crippen LogP contribution < -0.4 is 5.32 Å². The summed E-state index contributed by atoms with van der Waals surface area (Å²) in [6.07, 6.45) is 0.459. The molecule has 7 heteroatoms. The molecule has 5 nitrogen and oxygen atoms in total. The molecule has 1 aromatic heterocycles. The average molecular weight is 346 g/mol. The Labute approximate surface area is 142 Å². The number of aromatic nitrogens is 2. The molecule has 3 aromatic rings. The van der Waals surface area contributed by atoms with Crippen LogP contribution in [0.5, 0.6) is 0 Å². The molecule has 24 heavy (non-hydrogen) atoms. The maximum absolute atomic E-state index is 13.0. The first-order valence-corrected chi connectivity index (χ1v) is 7.53. The third-order valence-corrected chi connectivity index (χ3v) is 3.65. The van der Waals surface area contributed by atoms with Gasteiger partial charge in [-0.15, -0.1) is 5.10 Å². The molecule has 0 saturated heterocycles. The molecular formula is C17H13ClFN3O2. The van der Waals surface area contributed by atoms with Gasteiger partial charge in [0, 0.05) is 0 Å². The Morgan fingerprint density at radius 3 is 2.67 bits per heavy atom. The van der Waals surface area contributed by atoms with Gasteiger partial charge in [-0.1, -0.05) is 46.5 Å². The molecule has 0 spiro atoms. The average Bonchev–Trinajstić information content (AvgIpc) is 2.96. The van der Waals surface area contributed by atoms with E-state index in [0.717, 1.165) is 23.3 Å². The predicted molar refractivity (Wildman–Crippen MR) is 87.6 cm³/mol. The summed E-state index contributed by atoms with van der Waals surface area (Å²) in [4.78, 5) is 12.1. The van der Waals surface area contributed by atoms with Crippen LogP contribution >= 0.6 is 11.6 Å². The maximum Gasteiger partial charge on any atom is 0.322 e. The molecule has 3 rings (SSSR count). The van der Waals surface area contributed by atoms with E-state index >= 15 is 0 Å². The van der Waals surface area contributed by atoms with Gasteiger partial charge >= 0.3 is 6.01 Å². The van der Waals surface area contributed by atoms with Crippen LogP contribution in [0.3, 0.4) is 0 Å². The van der Waals surface area contributed by atoms with Gasteiger partial charge in [-0.05, 0) is 30.7 Å². The Morgan fingerprint density at radius 2 is 1.96 bits per heavy atom. The van der Waals surface area contributed by atoms with Gasteiger partial charge in [0.15, 0.2) is 0 Å². The molecule has 1 N–H and O–H groups in total. The van der Waals surface area contributed by atoms with Crippen molar-refractivity contribution in [3.05, 3.63) is 75.9 Å². The summed E-state index contributed by atoms with van der Waals surface area (Å²) in [6.45, 7) is 2.00. The van der Waals surface area contributed by atoms with E-state index in [1.807, 2.05) is 31.2 Å². The molecule has 0 aliphatic rings. The van der Waals surface area contributed by atoms with E-state index in [2.05, 4.69) is 15.5 Å². The molecule has 0 aliphatic heterocycles. The molecule has 1 heterocycles. The first-order valence-electron chi connectivity index (χ1n) is 7.15. The second kappa shape index (κ2) is 6.80. The summed E-state index contributed by atoms with van der Waals surface area (Å²) >= 11 is 5.85. The lowest BCUT2D eigenvalue weighted by Crippen LogP contribution is -2.12. The lowest BCUT2D eigenvalue weighted by Gasteiger charge is -2.03. The highest BCUT2D eigenvalue weighted by molar-refractivity contribution is 6.34. The zero-order chi connectivity index (χ0) is 17.1. The summed E-state index contributed by atoms with van der Waals surface area (Å²) in [7, 11) is 0. The Bertz CT molecular complexity index is 878. The molecule has 122 valence electrons. The summed E-state index contributed by atoms with van der Waals surface area (Å²) in [5.41, 5.74) is 2.30. The van der Waals surface area contributed by atoms with E-state index in [0.29, 0.717) is 12.3 Å². The first kappa shape index (κ1) is 16.1. The van der Waals surface area contributed by atoms with Crippen molar-refractivity contribution in [1.82, 2.24) is 10.2 Å². The van der Waals surface area contributed by atoms with E-state index in [-0.39, 0.29) is 16.6 Å². The number of hydrogen-bond donors (Lipinski definition) is 1. The number of anilines is 1. The van der Waals surface area contributed by atoms with E-state index in [1.54, 1.807) is 0 Å². The van der Waals surface area contributed by atoms with Crippen molar-refractivity contribution in [1.29, 1.82) is 0 Å². The molecule has 1 amide bonds. The molecule has 0 radical (unpaired) electrons. The number of halogens is 2. The Morgan fingerprint density at radius 1 is 1.21 bits per heavy atom. The van der Waals surface area contributed by atoms with Crippen LogP contribution in [0, 0.1) is 12.7 Å². The van der Waals surface area contributed by atoms with Gasteiger partial charge < -0.3 is 4.42 Å². The van der Waals surface area contributed by atoms with E-state index in [4.69, 9.17) is 16.0 Å². The Kier molecular flexibility index (Phi) is 4.57. The number of benzene rings is 2. The van der Waals surface area contributed by atoms with Crippen molar-refractivity contribution in [2.24, 2.45) is 0 Å². The van der Waals surface area contributed by atoms with Gasteiger partial charge in [0.1, 0.15) is 5.82 Å². The van der Waals surface area contributed by atoms with Gasteiger partial charge in [-0.3, -0.25) is 10.1 Å². The number of amides is 1. The summed E-state index contributed by atoms with van der Waals surface area (Å²) in [5, 5.41) is 10.1. The van der Waals surface area contributed by atoms with Crippen LogP contribution in [0.2, 0.25) is 5.02 Å². The fourth-order valence-corrected chi connectivity index (χ4v) is 2.35. The molecule has 0 aliphatic carbocycles. The summed E-state index contributed by atoms with van der Waals surface area (Å²) < 4.78 is 18.4. The largest absolute Gasteiger partial charge is 0.407 e. The summed E-state index contributed by atoms with van der Waals surface area (Å²) in [5.74, 6) is -0.695. The maximum atomic E-state index is 13.0. The fraction of sp³-hybridized carbons (Fsp3) is 0.118. The fourth-order valence-electron chi connectivity index (χ4n) is 2.09. The van der Waals surface area contributed by atoms with E-state index in [9.17, 15) is 9.18 Å². The number of rotatable bonds is 4. The highest BCUT2D eigenvalue weighted by atomic mass is 35.5. The molecule has 0 fully saturated rings. The Hall–Kier alpha value is -2.73. The van der Waals surface area contributed by atoms with Crippen LogP contribution in [0.1, 0.15) is 27.4 Å². The number of carbonyl (C=O) groups excluding carboxylic acids is 1. The zero-order valence-electron chi connectivity index (χ0n) is 12.7. The van der Waals surface area contributed by atoms with Gasteiger partial charge in [0.05, 0.1) is 17.0 Å². The molecule has 0 bridgehead atoms. The number of nitrogens with zero attached hydrogens (tertiary/aromatic N) is 2. The lowest BCUT2D eigenvalue weighted by atomic mass is 10.1. The topological polar surface area (TPSA) is 68.0 Å². The van der Waals surface area contributed by atoms with Gasteiger partial charge in [0.2, 0.25) is 5.89 Å². The molecule has 0 saturated carbocycles. The molecule has 2 aromatic carbocycles. The zero-order valence-corrected chi connectivity index (χ0v) is 13.5. The number of hydrogen-bond acceptors (Lipinski definition) is 4. The van der Waals surface area contributed by atoms with Gasteiger partial charge in [-0.25, -0.2) is 4.39 Å². The second-order valence-corrected chi connectivity index (χ2v) is 5.65. The van der Waals surface area contributed by atoms with Crippen LogP contribution in [-0.4, -0.2) is 16.1 Å². The highest BCUT2D eigenvalue weighted by Gasteiger charge is 2.15. The standard InChI is InChI=1S/C17H13ClFN3O2/c1-10-2-4-11(5-3-10)8-15-21-22-17(24-15)20-16(23)13-7-6-12(19)9-14(13)18/h2-7,9H,8H2,1H3,(H,20,22,23). The monoisotopic (exact) mass is 345 g/mol. The predicted octanol–water partition coefficient (Wildman–Crippen LogP) is 4.01. The van der Waals surface area contributed by atoms with Crippen molar-refractivity contribution in [2.45, 2.75) is 13.3 Å². The van der Waals surface area contributed by atoms with Crippen molar-refractivity contribution in [3.8, 4) is 0 Å². The van der Waals surface area contributed by atoms with Crippen LogP contribution in [0.4, 0.5) is 10.4 Å². The van der Waals surface area contributed by atoms with Gasteiger partial charge in [-0.2, -0.15) is 0 Å². The van der Waals surface area contributed by atoms with Crippen molar-refractivity contribution in [2.75, 3.05) is 5.32 Å². The number of nitrogens with one attached hydrogen (secondary N) is 1. The van der Waals surface area contributed by atoms with Crippen molar-refractivity contribution < 1.29 is 13.6 Å². The molecule has 0 unspecified atom stereocenters. The smallest absolute Gasteiger partial charge is 0.322 e. The minimum absolute atomic E-state index is 0.00638. The van der Waals surface area contributed by atoms with Crippen LogP contribution in [-0.2, 0) is 6.42 Å². The highest BCUT2D eigenvalue weighted by Crippen LogP contribution is 2.19.